The summed E-state index contributed by atoms with van der Waals surface area (Å²) in [5.41, 5.74) is 5.73. The lowest BCUT2D eigenvalue weighted by atomic mass is 9.96. The molecular formula is C12H17N7. The maximum atomic E-state index is 5.73. The summed E-state index contributed by atoms with van der Waals surface area (Å²) in [6.45, 7) is 0. The van der Waals surface area contributed by atoms with E-state index in [-0.39, 0.29) is 5.95 Å². The van der Waals surface area contributed by atoms with E-state index in [9.17, 15) is 0 Å². The SMILES string of the molecule is Nc1nc(NC2CCCCC2)nc(-n2ccnc2)n1. The number of rotatable bonds is 3. The van der Waals surface area contributed by atoms with Crippen LogP contribution in [0.3, 0.4) is 0 Å². The lowest BCUT2D eigenvalue weighted by molar-refractivity contribution is 0.460. The van der Waals surface area contributed by atoms with E-state index in [1.54, 1.807) is 23.3 Å². The molecule has 0 unspecified atom stereocenters. The number of aromatic nitrogens is 5. The molecule has 0 saturated heterocycles. The number of nitrogens with zero attached hydrogens (tertiary/aromatic N) is 5. The van der Waals surface area contributed by atoms with Gasteiger partial charge in [-0.05, 0) is 12.8 Å². The Hall–Kier alpha value is -2.18. The van der Waals surface area contributed by atoms with Gasteiger partial charge in [0.2, 0.25) is 17.8 Å². The van der Waals surface area contributed by atoms with Gasteiger partial charge in [0.25, 0.3) is 0 Å². The molecule has 19 heavy (non-hydrogen) atoms. The second kappa shape index (κ2) is 5.21. The molecule has 0 atom stereocenters. The molecule has 0 amide bonds. The first kappa shape index (κ1) is 11.9. The number of nitrogens with one attached hydrogen (secondary N) is 1. The van der Waals surface area contributed by atoms with Crippen molar-refractivity contribution in [3.05, 3.63) is 18.7 Å². The molecule has 0 spiro atoms. The highest BCUT2D eigenvalue weighted by Gasteiger charge is 2.15. The Morgan fingerprint density at radius 3 is 2.74 bits per heavy atom. The summed E-state index contributed by atoms with van der Waals surface area (Å²) < 4.78 is 1.71. The van der Waals surface area contributed by atoms with E-state index in [1.165, 1.54) is 19.3 Å². The molecule has 1 aliphatic rings. The third-order valence-corrected chi connectivity index (χ3v) is 3.31. The molecule has 3 rings (SSSR count). The predicted octanol–water partition coefficient (Wildman–Crippen LogP) is 1.38. The fourth-order valence-corrected chi connectivity index (χ4v) is 2.37. The zero-order valence-corrected chi connectivity index (χ0v) is 10.7. The molecule has 2 heterocycles. The summed E-state index contributed by atoms with van der Waals surface area (Å²) >= 11 is 0. The van der Waals surface area contributed by atoms with Crippen LogP contribution in [0.15, 0.2) is 18.7 Å². The van der Waals surface area contributed by atoms with Gasteiger partial charge in [0.1, 0.15) is 6.33 Å². The molecule has 1 aliphatic carbocycles. The van der Waals surface area contributed by atoms with E-state index < -0.39 is 0 Å². The van der Waals surface area contributed by atoms with E-state index in [0.717, 1.165) is 12.8 Å². The van der Waals surface area contributed by atoms with Crippen LogP contribution < -0.4 is 11.1 Å². The van der Waals surface area contributed by atoms with Crippen LogP contribution in [0, 0.1) is 0 Å². The van der Waals surface area contributed by atoms with E-state index >= 15 is 0 Å². The van der Waals surface area contributed by atoms with Crippen molar-refractivity contribution in [1.29, 1.82) is 0 Å². The molecule has 0 radical (unpaired) electrons. The number of hydrogen-bond acceptors (Lipinski definition) is 6. The molecule has 7 nitrogen and oxygen atoms in total. The molecule has 2 aromatic heterocycles. The number of nitrogens with two attached hydrogens (primary N) is 1. The van der Waals surface area contributed by atoms with E-state index in [1.807, 2.05) is 0 Å². The van der Waals surface area contributed by atoms with Crippen LogP contribution in [0.5, 0.6) is 0 Å². The van der Waals surface area contributed by atoms with Crippen molar-refractivity contribution in [3.8, 4) is 5.95 Å². The Kier molecular flexibility index (Phi) is 3.26. The lowest BCUT2D eigenvalue weighted by Crippen LogP contribution is -2.24. The minimum Gasteiger partial charge on any atom is -0.368 e. The molecule has 100 valence electrons. The molecular weight excluding hydrogens is 242 g/mol. The Bertz CT molecular complexity index is 531. The summed E-state index contributed by atoms with van der Waals surface area (Å²) in [7, 11) is 0. The highest BCUT2D eigenvalue weighted by atomic mass is 15.3. The summed E-state index contributed by atoms with van der Waals surface area (Å²) in [6.07, 6.45) is 11.2. The first-order valence-electron chi connectivity index (χ1n) is 6.58. The largest absolute Gasteiger partial charge is 0.368 e. The highest BCUT2D eigenvalue weighted by Crippen LogP contribution is 2.20. The maximum Gasteiger partial charge on any atom is 0.241 e. The monoisotopic (exact) mass is 259 g/mol. The van der Waals surface area contributed by atoms with Gasteiger partial charge in [-0.2, -0.15) is 15.0 Å². The zero-order valence-electron chi connectivity index (χ0n) is 10.7. The van der Waals surface area contributed by atoms with Crippen LogP contribution >= 0.6 is 0 Å². The molecule has 0 bridgehead atoms. The normalized spacial score (nSPS) is 16.4. The summed E-state index contributed by atoms with van der Waals surface area (Å²) in [4.78, 5) is 16.6. The number of nitrogen functional groups attached to an aromatic ring is 1. The zero-order chi connectivity index (χ0) is 13.1. The van der Waals surface area contributed by atoms with E-state index in [2.05, 4.69) is 25.3 Å². The smallest absolute Gasteiger partial charge is 0.241 e. The molecule has 1 fully saturated rings. The highest BCUT2D eigenvalue weighted by molar-refractivity contribution is 5.35. The molecule has 2 aromatic rings. The predicted molar refractivity (Wildman–Crippen MR) is 71.9 cm³/mol. The van der Waals surface area contributed by atoms with Gasteiger partial charge in [-0.1, -0.05) is 19.3 Å². The molecule has 3 N–H and O–H groups in total. The quantitative estimate of drug-likeness (QED) is 0.864. The van der Waals surface area contributed by atoms with Crippen LogP contribution in [-0.4, -0.2) is 30.5 Å². The van der Waals surface area contributed by atoms with Gasteiger partial charge in [0, 0.05) is 18.4 Å². The van der Waals surface area contributed by atoms with Gasteiger partial charge >= 0.3 is 0 Å². The van der Waals surface area contributed by atoms with Gasteiger partial charge in [-0.15, -0.1) is 0 Å². The third-order valence-electron chi connectivity index (χ3n) is 3.31. The maximum absolute atomic E-state index is 5.73. The Morgan fingerprint density at radius 2 is 2.00 bits per heavy atom. The fourth-order valence-electron chi connectivity index (χ4n) is 2.37. The Labute approximate surface area is 111 Å². The van der Waals surface area contributed by atoms with E-state index in [4.69, 9.17) is 5.73 Å². The number of anilines is 2. The van der Waals surface area contributed by atoms with Crippen LogP contribution in [0.25, 0.3) is 5.95 Å². The minimum absolute atomic E-state index is 0.219. The minimum atomic E-state index is 0.219. The number of hydrogen-bond donors (Lipinski definition) is 2. The van der Waals surface area contributed by atoms with Gasteiger partial charge in [0.15, 0.2) is 0 Å². The summed E-state index contributed by atoms with van der Waals surface area (Å²) in [6, 6.07) is 0.436. The topological polar surface area (TPSA) is 94.5 Å². The van der Waals surface area contributed by atoms with Crippen molar-refractivity contribution >= 4 is 11.9 Å². The second-order valence-electron chi connectivity index (χ2n) is 4.77. The van der Waals surface area contributed by atoms with Crippen molar-refractivity contribution in [2.45, 2.75) is 38.1 Å². The second-order valence-corrected chi connectivity index (χ2v) is 4.77. The van der Waals surface area contributed by atoms with Crippen molar-refractivity contribution in [3.63, 3.8) is 0 Å². The first-order valence-corrected chi connectivity index (χ1v) is 6.58. The van der Waals surface area contributed by atoms with Crippen molar-refractivity contribution in [2.24, 2.45) is 0 Å². The van der Waals surface area contributed by atoms with E-state index in [0.29, 0.717) is 17.9 Å². The molecule has 7 heteroatoms. The fraction of sp³-hybridized carbons (Fsp3) is 0.500. The third kappa shape index (κ3) is 2.81. The Balaban J connectivity index is 1.81. The van der Waals surface area contributed by atoms with Crippen molar-refractivity contribution in [1.82, 2.24) is 24.5 Å². The van der Waals surface area contributed by atoms with Crippen molar-refractivity contribution in [2.75, 3.05) is 11.1 Å². The Morgan fingerprint density at radius 1 is 1.16 bits per heavy atom. The van der Waals surface area contributed by atoms with Gasteiger partial charge in [-0.25, -0.2) is 4.98 Å². The first-order chi connectivity index (χ1) is 9.31. The summed E-state index contributed by atoms with van der Waals surface area (Å²) in [5, 5.41) is 3.35. The van der Waals surface area contributed by atoms with Gasteiger partial charge < -0.3 is 11.1 Å². The average Bonchev–Trinajstić information content (AvgIpc) is 2.93. The van der Waals surface area contributed by atoms with Gasteiger partial charge in [-0.3, -0.25) is 4.57 Å². The lowest BCUT2D eigenvalue weighted by Gasteiger charge is -2.22. The molecule has 1 saturated carbocycles. The van der Waals surface area contributed by atoms with Crippen LogP contribution in [0.4, 0.5) is 11.9 Å². The molecule has 0 aliphatic heterocycles. The molecule has 0 aromatic carbocycles. The van der Waals surface area contributed by atoms with Crippen LogP contribution in [0.1, 0.15) is 32.1 Å². The van der Waals surface area contributed by atoms with Gasteiger partial charge in [0.05, 0.1) is 0 Å². The van der Waals surface area contributed by atoms with Crippen LogP contribution in [-0.2, 0) is 0 Å². The average molecular weight is 259 g/mol. The van der Waals surface area contributed by atoms with Crippen LogP contribution in [0.2, 0.25) is 0 Å². The standard InChI is InChI=1S/C12H17N7/c13-10-16-11(15-9-4-2-1-3-5-9)18-12(17-10)19-7-6-14-8-19/h6-9H,1-5H2,(H3,13,15,16,17,18). The number of imidazole rings is 1. The van der Waals surface area contributed by atoms with Crippen molar-refractivity contribution < 1.29 is 0 Å². The summed E-state index contributed by atoms with van der Waals surface area (Å²) in [5.74, 6) is 1.25.